The third kappa shape index (κ3) is 8.90. The van der Waals surface area contributed by atoms with Crippen molar-refractivity contribution in [3.05, 3.63) is 60.2 Å². The van der Waals surface area contributed by atoms with Crippen LogP contribution in [0.25, 0.3) is 0 Å². The molecule has 1 radical (unpaired) electrons. The van der Waals surface area contributed by atoms with Crippen LogP contribution < -0.4 is 0 Å². The summed E-state index contributed by atoms with van der Waals surface area (Å²) in [5, 5.41) is 8.45. The number of rotatable bonds is 3. The summed E-state index contributed by atoms with van der Waals surface area (Å²) in [5.74, 6) is 0. The molecule has 0 heterocycles. The molecule has 3 heteroatoms. The number of hydrogen-bond acceptors (Lipinski definition) is 2. The molecule has 0 aliphatic rings. The summed E-state index contributed by atoms with van der Waals surface area (Å²) in [5.41, 5.74) is 3.01. The molecule has 0 amide bonds. The van der Waals surface area contributed by atoms with Crippen LogP contribution in [0.2, 0.25) is 0 Å². The third-order valence-electron chi connectivity index (χ3n) is 2.35. The van der Waals surface area contributed by atoms with Gasteiger partial charge in [0, 0.05) is 32.7 Å². The fourth-order valence-corrected chi connectivity index (χ4v) is 1.46. The molecule has 0 spiro atoms. The van der Waals surface area contributed by atoms with Crippen LogP contribution in [0.4, 0.5) is 11.4 Å². The van der Waals surface area contributed by atoms with Crippen LogP contribution in [-0.4, -0.2) is 0 Å². The smallest absolute Gasteiger partial charge is 0.0888 e. The van der Waals surface area contributed by atoms with E-state index in [1.165, 1.54) is 5.56 Å². The largest absolute Gasteiger partial charge is 0.184 e. The van der Waals surface area contributed by atoms with Crippen molar-refractivity contribution < 1.29 is 32.7 Å². The summed E-state index contributed by atoms with van der Waals surface area (Å²) in [4.78, 5) is 0. The van der Waals surface area contributed by atoms with Crippen LogP contribution in [0.1, 0.15) is 40.2 Å². The Balaban J connectivity index is 0. The Kier molecular flexibility index (Phi) is 16.6. The first-order valence-electron chi connectivity index (χ1n) is 7.36. The molecular formula is C18H25N2Y-. The van der Waals surface area contributed by atoms with Crippen LogP contribution in [0.5, 0.6) is 0 Å². The molecule has 2 aromatic rings. The van der Waals surface area contributed by atoms with E-state index in [0.29, 0.717) is 0 Å². The Morgan fingerprint density at radius 3 is 2.00 bits per heavy atom. The quantitative estimate of drug-likeness (QED) is 0.441. The molecule has 0 saturated heterocycles. The normalized spacial score (nSPS) is 8.81. The van der Waals surface area contributed by atoms with Crippen molar-refractivity contribution in [2.45, 2.75) is 41.0 Å². The molecule has 0 N–H and O–H groups in total. The molecule has 0 aromatic heterocycles. The zero-order valence-corrected chi connectivity index (χ0v) is 16.6. The minimum atomic E-state index is 0. The van der Waals surface area contributed by atoms with Gasteiger partial charge in [-0.05, 0) is 23.7 Å². The second-order valence-electron chi connectivity index (χ2n) is 3.44. The van der Waals surface area contributed by atoms with Gasteiger partial charge >= 0.3 is 0 Å². The Bertz CT molecular complexity index is 482. The first-order chi connectivity index (χ1) is 9.90. The number of benzene rings is 2. The van der Waals surface area contributed by atoms with Gasteiger partial charge in [-0.1, -0.05) is 52.8 Å². The fourth-order valence-electron chi connectivity index (χ4n) is 1.46. The van der Waals surface area contributed by atoms with Crippen LogP contribution in [0, 0.1) is 6.07 Å². The van der Waals surface area contributed by atoms with Gasteiger partial charge in [0.25, 0.3) is 0 Å². The first kappa shape index (κ1) is 22.4. The summed E-state index contributed by atoms with van der Waals surface area (Å²) in [6.07, 6.45) is 0.970. The Labute approximate surface area is 155 Å². The zero-order chi connectivity index (χ0) is 15.2. The summed E-state index contributed by atoms with van der Waals surface area (Å²) in [6, 6.07) is 18.5. The average Bonchev–Trinajstić information content (AvgIpc) is 2.58. The number of aryl methyl sites for hydroxylation is 1. The van der Waals surface area contributed by atoms with E-state index in [9.17, 15) is 0 Å². The molecule has 21 heavy (non-hydrogen) atoms. The van der Waals surface area contributed by atoms with E-state index in [-0.39, 0.29) is 32.7 Å². The van der Waals surface area contributed by atoms with E-state index < -0.39 is 0 Å². The van der Waals surface area contributed by atoms with E-state index in [2.05, 4.69) is 29.3 Å². The predicted molar refractivity (Wildman–Crippen MR) is 88.0 cm³/mol. The van der Waals surface area contributed by atoms with Crippen molar-refractivity contribution in [2.24, 2.45) is 10.2 Å². The maximum absolute atomic E-state index is 4.26. The molecule has 0 aliphatic heterocycles. The van der Waals surface area contributed by atoms with Crippen molar-refractivity contribution in [1.29, 1.82) is 0 Å². The van der Waals surface area contributed by atoms with E-state index in [1.807, 2.05) is 70.2 Å². The van der Waals surface area contributed by atoms with Crippen LogP contribution in [0.3, 0.4) is 0 Å². The van der Waals surface area contributed by atoms with E-state index in [4.69, 9.17) is 0 Å². The topological polar surface area (TPSA) is 24.7 Å². The monoisotopic (exact) mass is 358 g/mol. The summed E-state index contributed by atoms with van der Waals surface area (Å²) in [7, 11) is 0. The van der Waals surface area contributed by atoms with E-state index in [0.717, 1.165) is 17.8 Å². The second kappa shape index (κ2) is 15.5. The Morgan fingerprint density at radius 1 is 0.857 bits per heavy atom. The van der Waals surface area contributed by atoms with Crippen LogP contribution >= 0.6 is 0 Å². The number of azo groups is 1. The van der Waals surface area contributed by atoms with Crippen molar-refractivity contribution in [2.75, 3.05) is 0 Å². The second-order valence-corrected chi connectivity index (χ2v) is 3.44. The molecule has 2 nitrogen and oxygen atoms in total. The van der Waals surface area contributed by atoms with Crippen molar-refractivity contribution in [3.63, 3.8) is 0 Å². The molecule has 0 atom stereocenters. The third-order valence-corrected chi connectivity index (χ3v) is 2.35. The number of nitrogens with zero attached hydrogens (tertiary/aromatic N) is 2. The van der Waals surface area contributed by atoms with Crippen molar-refractivity contribution >= 4 is 11.4 Å². The SMILES string of the molecule is CC.CC.CCc1ccccc1N=Nc1cc[c-]cc1.[Y]. The Morgan fingerprint density at radius 2 is 1.43 bits per heavy atom. The number of hydrogen-bond donors (Lipinski definition) is 0. The minimum Gasteiger partial charge on any atom is -0.184 e. The van der Waals surface area contributed by atoms with Gasteiger partial charge in [-0.15, -0.1) is 12.1 Å². The van der Waals surface area contributed by atoms with Gasteiger partial charge < -0.3 is 0 Å². The van der Waals surface area contributed by atoms with E-state index in [1.54, 1.807) is 0 Å². The van der Waals surface area contributed by atoms with Gasteiger partial charge in [-0.3, -0.25) is 0 Å². The zero-order valence-electron chi connectivity index (χ0n) is 13.8. The molecule has 2 aromatic carbocycles. The van der Waals surface area contributed by atoms with Gasteiger partial charge in [0.1, 0.15) is 0 Å². The van der Waals surface area contributed by atoms with Crippen molar-refractivity contribution in [3.8, 4) is 0 Å². The van der Waals surface area contributed by atoms with E-state index >= 15 is 0 Å². The summed E-state index contributed by atoms with van der Waals surface area (Å²) < 4.78 is 0. The molecule has 111 valence electrons. The molecule has 0 bridgehead atoms. The molecule has 0 saturated carbocycles. The molecule has 0 aliphatic carbocycles. The predicted octanol–water partition coefficient (Wildman–Crippen LogP) is 6.51. The molecule has 0 fully saturated rings. The first-order valence-corrected chi connectivity index (χ1v) is 7.36. The molecule has 0 unspecified atom stereocenters. The molecular weight excluding hydrogens is 333 g/mol. The standard InChI is InChI=1S/C14H13N2.2C2H6.Y/c1-2-12-8-6-7-11-14(12)16-15-13-9-4-3-5-10-13;2*1-2;/h4-11H,2H2,1H3;2*1-2H3;/q-1;;;. The molecule has 2 rings (SSSR count). The maximum atomic E-state index is 4.26. The van der Waals surface area contributed by atoms with Crippen LogP contribution in [0.15, 0.2) is 58.8 Å². The van der Waals surface area contributed by atoms with Crippen LogP contribution in [-0.2, 0) is 39.1 Å². The van der Waals surface area contributed by atoms with Gasteiger partial charge in [0.15, 0.2) is 0 Å². The average molecular weight is 358 g/mol. The van der Waals surface area contributed by atoms with Gasteiger partial charge in [0.2, 0.25) is 0 Å². The van der Waals surface area contributed by atoms with Crippen molar-refractivity contribution in [1.82, 2.24) is 0 Å². The Hall–Kier alpha value is -0.856. The van der Waals surface area contributed by atoms with Gasteiger partial charge in [-0.25, -0.2) is 0 Å². The summed E-state index contributed by atoms with van der Waals surface area (Å²) in [6.45, 7) is 10.1. The minimum absolute atomic E-state index is 0. The van der Waals surface area contributed by atoms with Gasteiger partial charge in [0.05, 0.1) is 5.69 Å². The maximum Gasteiger partial charge on any atom is 0.0888 e. The summed E-state index contributed by atoms with van der Waals surface area (Å²) >= 11 is 0. The van der Waals surface area contributed by atoms with Gasteiger partial charge in [-0.2, -0.15) is 28.4 Å². The fraction of sp³-hybridized carbons (Fsp3) is 0.333.